The second-order valence-corrected chi connectivity index (χ2v) is 6.43. The van der Waals surface area contributed by atoms with E-state index in [1.807, 2.05) is 19.1 Å². The average molecular weight is 240 g/mol. The van der Waals surface area contributed by atoms with Gasteiger partial charge in [-0.05, 0) is 31.9 Å². The third kappa shape index (κ3) is 2.28. The highest BCUT2D eigenvalue weighted by Gasteiger charge is 2.29. The summed E-state index contributed by atoms with van der Waals surface area (Å²) in [7, 11) is -3.20. The van der Waals surface area contributed by atoms with Crippen molar-refractivity contribution in [1.29, 1.82) is 0 Å². The summed E-state index contributed by atoms with van der Waals surface area (Å²) in [4.78, 5) is 0.411. The van der Waals surface area contributed by atoms with E-state index in [9.17, 15) is 8.42 Å². The van der Waals surface area contributed by atoms with Gasteiger partial charge in [-0.1, -0.05) is 17.7 Å². The Labute approximate surface area is 96.4 Å². The van der Waals surface area contributed by atoms with Crippen LogP contribution in [0.1, 0.15) is 18.4 Å². The van der Waals surface area contributed by atoms with Crippen LogP contribution in [0.4, 0.5) is 0 Å². The molecule has 1 aromatic rings. The summed E-state index contributed by atoms with van der Waals surface area (Å²) in [6.45, 7) is 2.95. The van der Waals surface area contributed by atoms with E-state index >= 15 is 0 Å². The molecule has 1 fully saturated rings. The monoisotopic (exact) mass is 240 g/mol. The van der Waals surface area contributed by atoms with Crippen LogP contribution < -0.4 is 0 Å². The van der Waals surface area contributed by atoms with Gasteiger partial charge in [-0.3, -0.25) is 0 Å². The Bertz CT molecular complexity index is 442. The SMILES string of the molecule is Cc1ccc(S(=O)(=O)C2CCCOC2)cc1. The van der Waals surface area contributed by atoms with Crippen LogP contribution in [0.3, 0.4) is 0 Å². The Balaban J connectivity index is 2.27. The number of hydrogen-bond acceptors (Lipinski definition) is 3. The molecular formula is C12H16O3S. The maximum absolute atomic E-state index is 12.2. The van der Waals surface area contributed by atoms with Crippen molar-refractivity contribution in [2.45, 2.75) is 29.9 Å². The van der Waals surface area contributed by atoms with Crippen molar-refractivity contribution in [2.75, 3.05) is 13.2 Å². The minimum Gasteiger partial charge on any atom is -0.380 e. The molecule has 0 radical (unpaired) electrons. The molecule has 0 amide bonds. The molecule has 16 heavy (non-hydrogen) atoms. The molecule has 1 aromatic carbocycles. The highest BCUT2D eigenvalue weighted by Crippen LogP contribution is 2.22. The summed E-state index contributed by atoms with van der Waals surface area (Å²) >= 11 is 0. The van der Waals surface area contributed by atoms with Gasteiger partial charge in [0.05, 0.1) is 16.8 Å². The molecule has 1 unspecified atom stereocenters. The molecule has 0 saturated carbocycles. The predicted molar refractivity (Wildman–Crippen MR) is 62.2 cm³/mol. The lowest BCUT2D eigenvalue weighted by Gasteiger charge is -2.22. The fourth-order valence-corrected chi connectivity index (χ4v) is 3.53. The third-order valence-electron chi connectivity index (χ3n) is 2.91. The second kappa shape index (κ2) is 4.55. The average Bonchev–Trinajstić information content (AvgIpc) is 2.31. The largest absolute Gasteiger partial charge is 0.380 e. The molecule has 1 aliphatic rings. The highest BCUT2D eigenvalue weighted by atomic mass is 32.2. The van der Waals surface area contributed by atoms with E-state index in [4.69, 9.17) is 4.74 Å². The van der Waals surface area contributed by atoms with Gasteiger partial charge < -0.3 is 4.74 Å². The van der Waals surface area contributed by atoms with Crippen LogP contribution in [0.5, 0.6) is 0 Å². The van der Waals surface area contributed by atoms with Crippen molar-refractivity contribution in [2.24, 2.45) is 0 Å². The smallest absolute Gasteiger partial charge is 0.183 e. The van der Waals surface area contributed by atoms with E-state index in [1.54, 1.807) is 12.1 Å². The molecule has 1 atom stereocenters. The summed E-state index contributed by atoms with van der Waals surface area (Å²) < 4.78 is 29.7. The Morgan fingerprint density at radius 2 is 1.94 bits per heavy atom. The zero-order chi connectivity index (χ0) is 11.6. The maximum Gasteiger partial charge on any atom is 0.183 e. The maximum atomic E-state index is 12.2. The van der Waals surface area contributed by atoms with Crippen molar-refractivity contribution in [3.05, 3.63) is 29.8 Å². The van der Waals surface area contributed by atoms with Gasteiger partial charge in [0.25, 0.3) is 0 Å². The standard InChI is InChI=1S/C12H16O3S/c1-10-4-6-11(7-5-10)16(13,14)12-3-2-8-15-9-12/h4-7,12H,2-3,8-9H2,1H3. The summed E-state index contributed by atoms with van der Waals surface area (Å²) in [5.74, 6) is 0. The number of aryl methyl sites for hydroxylation is 1. The van der Waals surface area contributed by atoms with Crippen LogP contribution >= 0.6 is 0 Å². The lowest BCUT2D eigenvalue weighted by atomic mass is 10.2. The van der Waals surface area contributed by atoms with Crippen LogP contribution in [0, 0.1) is 6.92 Å². The lowest BCUT2D eigenvalue weighted by Crippen LogP contribution is -2.30. The molecule has 1 saturated heterocycles. The van der Waals surface area contributed by atoms with E-state index in [2.05, 4.69) is 0 Å². The van der Waals surface area contributed by atoms with E-state index in [0.29, 0.717) is 24.5 Å². The van der Waals surface area contributed by atoms with Crippen molar-refractivity contribution in [3.8, 4) is 0 Å². The van der Waals surface area contributed by atoms with E-state index in [0.717, 1.165) is 12.0 Å². The summed E-state index contributed by atoms with van der Waals surface area (Å²) in [6.07, 6.45) is 1.53. The van der Waals surface area contributed by atoms with Crippen LogP contribution in [-0.2, 0) is 14.6 Å². The number of benzene rings is 1. The van der Waals surface area contributed by atoms with Gasteiger partial charge in [0, 0.05) is 6.61 Å². The zero-order valence-electron chi connectivity index (χ0n) is 9.35. The van der Waals surface area contributed by atoms with Crippen LogP contribution in [-0.4, -0.2) is 26.9 Å². The van der Waals surface area contributed by atoms with Gasteiger partial charge in [-0.15, -0.1) is 0 Å². The fraction of sp³-hybridized carbons (Fsp3) is 0.500. The molecular weight excluding hydrogens is 224 g/mol. The normalized spacial score (nSPS) is 21.9. The molecule has 0 aromatic heterocycles. The first-order valence-corrected chi connectivity index (χ1v) is 7.03. The van der Waals surface area contributed by atoms with Crippen LogP contribution in [0.25, 0.3) is 0 Å². The molecule has 1 aliphatic heterocycles. The first-order valence-electron chi connectivity index (χ1n) is 5.49. The minimum absolute atomic E-state index is 0.330. The van der Waals surface area contributed by atoms with Gasteiger partial charge in [0.1, 0.15) is 0 Å². The van der Waals surface area contributed by atoms with E-state index in [-0.39, 0.29) is 5.25 Å². The first kappa shape index (κ1) is 11.6. The molecule has 1 heterocycles. The Morgan fingerprint density at radius 3 is 2.50 bits per heavy atom. The van der Waals surface area contributed by atoms with E-state index in [1.165, 1.54) is 0 Å². The molecule has 0 bridgehead atoms. The third-order valence-corrected chi connectivity index (χ3v) is 5.09. The van der Waals surface area contributed by atoms with Crippen molar-refractivity contribution >= 4 is 9.84 Å². The summed E-state index contributed by atoms with van der Waals surface area (Å²) in [5.41, 5.74) is 1.07. The van der Waals surface area contributed by atoms with Gasteiger partial charge in [-0.2, -0.15) is 0 Å². The number of rotatable bonds is 2. The quantitative estimate of drug-likeness (QED) is 0.793. The van der Waals surface area contributed by atoms with Crippen LogP contribution in [0.2, 0.25) is 0 Å². The first-order chi connectivity index (χ1) is 7.60. The molecule has 4 heteroatoms. The van der Waals surface area contributed by atoms with Crippen molar-refractivity contribution in [3.63, 3.8) is 0 Å². The molecule has 0 N–H and O–H groups in total. The molecule has 2 rings (SSSR count). The molecule has 0 aliphatic carbocycles. The highest BCUT2D eigenvalue weighted by molar-refractivity contribution is 7.92. The van der Waals surface area contributed by atoms with Gasteiger partial charge in [0.15, 0.2) is 9.84 Å². The van der Waals surface area contributed by atoms with Gasteiger partial charge in [-0.25, -0.2) is 8.42 Å². The van der Waals surface area contributed by atoms with Crippen molar-refractivity contribution in [1.82, 2.24) is 0 Å². The number of hydrogen-bond donors (Lipinski definition) is 0. The second-order valence-electron chi connectivity index (χ2n) is 4.20. The Hall–Kier alpha value is -0.870. The van der Waals surface area contributed by atoms with Gasteiger partial charge in [0.2, 0.25) is 0 Å². The fourth-order valence-electron chi connectivity index (χ4n) is 1.88. The molecule has 88 valence electrons. The zero-order valence-corrected chi connectivity index (χ0v) is 10.2. The number of ether oxygens (including phenoxy) is 1. The lowest BCUT2D eigenvalue weighted by molar-refractivity contribution is 0.0991. The molecule has 0 spiro atoms. The Kier molecular flexibility index (Phi) is 3.30. The van der Waals surface area contributed by atoms with Gasteiger partial charge >= 0.3 is 0 Å². The summed E-state index contributed by atoms with van der Waals surface area (Å²) in [6, 6.07) is 7.02. The number of sulfone groups is 1. The Morgan fingerprint density at radius 1 is 1.25 bits per heavy atom. The van der Waals surface area contributed by atoms with Crippen LogP contribution in [0.15, 0.2) is 29.2 Å². The van der Waals surface area contributed by atoms with E-state index < -0.39 is 9.84 Å². The topological polar surface area (TPSA) is 43.4 Å². The predicted octanol–water partition coefficient (Wildman–Crippen LogP) is 1.95. The molecule has 3 nitrogen and oxygen atoms in total. The van der Waals surface area contributed by atoms with Crippen molar-refractivity contribution < 1.29 is 13.2 Å². The summed E-state index contributed by atoms with van der Waals surface area (Å²) in [5, 5.41) is -0.371. The minimum atomic E-state index is -3.20.